The normalized spacial score (nSPS) is 13.0. The first-order chi connectivity index (χ1) is 8.51. The fraction of sp³-hybridized carbons (Fsp3) is 0.769. The fourth-order valence-electron chi connectivity index (χ4n) is 1.99. The van der Waals surface area contributed by atoms with Gasteiger partial charge in [0.05, 0.1) is 11.9 Å². The molecule has 1 atom stereocenters. The standard InChI is InChI=1S/C13H27N5/c1-6-17(7-2)13-12(14)10-15-18(13)9-8-11(3)16(4)5/h10-11H,6-9,14H2,1-5H3. The molecule has 104 valence electrons. The van der Waals surface area contributed by atoms with Crippen molar-refractivity contribution in [3.63, 3.8) is 0 Å². The summed E-state index contributed by atoms with van der Waals surface area (Å²) in [7, 11) is 4.21. The van der Waals surface area contributed by atoms with Crippen LogP contribution in [-0.4, -0.2) is 47.9 Å². The Balaban J connectivity index is 2.77. The van der Waals surface area contributed by atoms with Crippen LogP contribution in [0.4, 0.5) is 11.5 Å². The van der Waals surface area contributed by atoms with Crippen molar-refractivity contribution in [1.29, 1.82) is 0 Å². The quantitative estimate of drug-likeness (QED) is 0.803. The molecule has 1 unspecified atom stereocenters. The maximum atomic E-state index is 6.02. The zero-order chi connectivity index (χ0) is 13.7. The maximum absolute atomic E-state index is 6.02. The van der Waals surface area contributed by atoms with Gasteiger partial charge in [-0.15, -0.1) is 0 Å². The van der Waals surface area contributed by atoms with Crippen molar-refractivity contribution in [2.45, 2.75) is 39.8 Å². The molecule has 0 saturated heterocycles. The Morgan fingerprint density at radius 2 is 1.94 bits per heavy atom. The lowest BCUT2D eigenvalue weighted by Crippen LogP contribution is -2.29. The summed E-state index contributed by atoms with van der Waals surface area (Å²) in [5.41, 5.74) is 6.80. The SMILES string of the molecule is CCN(CC)c1c(N)cnn1CCC(C)N(C)C. The third kappa shape index (κ3) is 3.38. The van der Waals surface area contributed by atoms with E-state index in [0.29, 0.717) is 6.04 Å². The second-order valence-electron chi connectivity index (χ2n) is 4.92. The van der Waals surface area contributed by atoms with Crippen LogP contribution in [0.15, 0.2) is 6.20 Å². The van der Waals surface area contributed by atoms with Gasteiger partial charge in [-0.2, -0.15) is 5.10 Å². The minimum Gasteiger partial charge on any atom is -0.394 e. The Bertz CT molecular complexity index is 354. The summed E-state index contributed by atoms with van der Waals surface area (Å²) in [5, 5.41) is 4.40. The van der Waals surface area contributed by atoms with Crippen LogP contribution in [-0.2, 0) is 6.54 Å². The first-order valence-electron chi connectivity index (χ1n) is 6.73. The highest BCUT2D eigenvalue weighted by atomic mass is 15.4. The van der Waals surface area contributed by atoms with E-state index in [0.717, 1.165) is 37.6 Å². The highest BCUT2D eigenvalue weighted by Crippen LogP contribution is 2.23. The molecule has 0 saturated carbocycles. The lowest BCUT2D eigenvalue weighted by Gasteiger charge is -2.24. The van der Waals surface area contributed by atoms with E-state index in [-0.39, 0.29) is 0 Å². The molecule has 0 aliphatic heterocycles. The van der Waals surface area contributed by atoms with Crippen molar-refractivity contribution in [2.75, 3.05) is 37.8 Å². The molecular weight excluding hydrogens is 226 g/mol. The van der Waals surface area contributed by atoms with Crippen LogP contribution in [0.25, 0.3) is 0 Å². The molecule has 2 N–H and O–H groups in total. The van der Waals surface area contributed by atoms with Crippen molar-refractivity contribution in [2.24, 2.45) is 0 Å². The van der Waals surface area contributed by atoms with Gasteiger partial charge in [-0.3, -0.25) is 0 Å². The molecule has 0 bridgehead atoms. The second kappa shape index (κ2) is 6.64. The molecule has 0 radical (unpaired) electrons. The predicted octanol–water partition coefficient (Wildman–Crippen LogP) is 1.65. The molecular formula is C13H27N5. The van der Waals surface area contributed by atoms with Gasteiger partial charge < -0.3 is 15.5 Å². The Kier molecular flexibility index (Phi) is 5.47. The Hall–Kier alpha value is -1.23. The van der Waals surface area contributed by atoms with Gasteiger partial charge >= 0.3 is 0 Å². The highest BCUT2D eigenvalue weighted by Gasteiger charge is 2.14. The van der Waals surface area contributed by atoms with E-state index in [4.69, 9.17) is 5.73 Å². The number of nitrogen functional groups attached to an aromatic ring is 1. The Morgan fingerprint density at radius 3 is 2.44 bits per heavy atom. The number of nitrogens with zero attached hydrogens (tertiary/aromatic N) is 4. The van der Waals surface area contributed by atoms with Crippen LogP contribution in [0.3, 0.4) is 0 Å². The summed E-state index contributed by atoms with van der Waals surface area (Å²) in [5.74, 6) is 1.06. The molecule has 1 aromatic heterocycles. The fourth-order valence-corrected chi connectivity index (χ4v) is 1.99. The van der Waals surface area contributed by atoms with E-state index >= 15 is 0 Å². The van der Waals surface area contributed by atoms with E-state index < -0.39 is 0 Å². The van der Waals surface area contributed by atoms with E-state index in [1.165, 1.54) is 0 Å². The minimum absolute atomic E-state index is 0.542. The maximum Gasteiger partial charge on any atom is 0.150 e. The molecule has 1 aromatic rings. The first-order valence-corrected chi connectivity index (χ1v) is 6.73. The van der Waals surface area contributed by atoms with Crippen LogP contribution in [0, 0.1) is 0 Å². The van der Waals surface area contributed by atoms with Crippen LogP contribution in [0.5, 0.6) is 0 Å². The molecule has 5 heteroatoms. The molecule has 1 rings (SSSR count). The topological polar surface area (TPSA) is 50.3 Å². The van der Waals surface area contributed by atoms with E-state index in [9.17, 15) is 0 Å². The van der Waals surface area contributed by atoms with Crippen molar-refractivity contribution in [3.8, 4) is 0 Å². The largest absolute Gasteiger partial charge is 0.394 e. The summed E-state index contributed by atoms with van der Waals surface area (Å²) in [6.45, 7) is 9.32. The van der Waals surface area contributed by atoms with Gasteiger partial charge in [0.2, 0.25) is 0 Å². The van der Waals surface area contributed by atoms with E-state index in [1.807, 2.05) is 4.68 Å². The molecule has 0 amide bonds. The number of hydrogen-bond acceptors (Lipinski definition) is 4. The lowest BCUT2D eigenvalue weighted by atomic mass is 10.2. The molecule has 18 heavy (non-hydrogen) atoms. The van der Waals surface area contributed by atoms with E-state index in [2.05, 4.69) is 49.8 Å². The molecule has 1 heterocycles. The van der Waals surface area contributed by atoms with E-state index in [1.54, 1.807) is 6.20 Å². The van der Waals surface area contributed by atoms with Gasteiger partial charge in [-0.05, 0) is 41.3 Å². The molecule has 0 aliphatic rings. The van der Waals surface area contributed by atoms with Crippen molar-refractivity contribution in [1.82, 2.24) is 14.7 Å². The Morgan fingerprint density at radius 1 is 1.33 bits per heavy atom. The number of aromatic nitrogens is 2. The number of nitrogens with two attached hydrogens (primary N) is 1. The average molecular weight is 253 g/mol. The third-order valence-corrected chi connectivity index (χ3v) is 3.54. The average Bonchev–Trinajstić information content (AvgIpc) is 2.70. The van der Waals surface area contributed by atoms with Gasteiger partial charge in [0.1, 0.15) is 5.82 Å². The predicted molar refractivity (Wildman–Crippen MR) is 78.0 cm³/mol. The van der Waals surface area contributed by atoms with Gasteiger partial charge in [0.15, 0.2) is 0 Å². The van der Waals surface area contributed by atoms with Crippen LogP contribution >= 0.6 is 0 Å². The van der Waals surface area contributed by atoms with Gasteiger partial charge in [0, 0.05) is 25.7 Å². The highest BCUT2D eigenvalue weighted by molar-refractivity contribution is 5.62. The monoisotopic (exact) mass is 253 g/mol. The molecule has 0 aromatic carbocycles. The zero-order valence-corrected chi connectivity index (χ0v) is 12.3. The second-order valence-corrected chi connectivity index (χ2v) is 4.92. The third-order valence-electron chi connectivity index (χ3n) is 3.54. The number of rotatable bonds is 7. The van der Waals surface area contributed by atoms with Crippen molar-refractivity contribution in [3.05, 3.63) is 6.20 Å². The summed E-state index contributed by atoms with van der Waals surface area (Å²) < 4.78 is 2.03. The summed E-state index contributed by atoms with van der Waals surface area (Å²) in [6.07, 6.45) is 2.83. The van der Waals surface area contributed by atoms with Crippen LogP contribution in [0.2, 0.25) is 0 Å². The minimum atomic E-state index is 0.542. The summed E-state index contributed by atoms with van der Waals surface area (Å²) in [6, 6.07) is 0.542. The van der Waals surface area contributed by atoms with Crippen molar-refractivity contribution < 1.29 is 0 Å². The lowest BCUT2D eigenvalue weighted by molar-refractivity contribution is 0.285. The first kappa shape index (κ1) is 14.8. The van der Waals surface area contributed by atoms with Crippen LogP contribution in [0.1, 0.15) is 27.2 Å². The number of aryl methyl sites for hydroxylation is 1. The van der Waals surface area contributed by atoms with Crippen LogP contribution < -0.4 is 10.6 Å². The van der Waals surface area contributed by atoms with Gasteiger partial charge in [0.25, 0.3) is 0 Å². The number of hydrogen-bond donors (Lipinski definition) is 1. The molecule has 5 nitrogen and oxygen atoms in total. The summed E-state index contributed by atoms with van der Waals surface area (Å²) >= 11 is 0. The molecule has 0 aliphatic carbocycles. The summed E-state index contributed by atoms with van der Waals surface area (Å²) in [4.78, 5) is 4.48. The molecule has 0 spiro atoms. The zero-order valence-electron chi connectivity index (χ0n) is 12.3. The Labute approximate surface area is 111 Å². The van der Waals surface area contributed by atoms with Crippen molar-refractivity contribution >= 4 is 11.5 Å². The number of anilines is 2. The van der Waals surface area contributed by atoms with Gasteiger partial charge in [-0.1, -0.05) is 0 Å². The molecule has 0 fully saturated rings. The smallest absolute Gasteiger partial charge is 0.150 e. The van der Waals surface area contributed by atoms with Gasteiger partial charge in [-0.25, -0.2) is 4.68 Å².